The molecule has 3 nitrogen and oxygen atoms in total. The highest BCUT2D eigenvalue weighted by molar-refractivity contribution is 7.97. The first-order valence-corrected chi connectivity index (χ1v) is 7.99. The number of benzene rings is 1. The molecule has 0 unspecified atom stereocenters. The zero-order valence-corrected chi connectivity index (χ0v) is 12.7. The van der Waals surface area contributed by atoms with Crippen molar-refractivity contribution in [1.29, 1.82) is 0 Å². The van der Waals surface area contributed by atoms with Crippen LogP contribution in [0.15, 0.2) is 24.3 Å². The summed E-state index contributed by atoms with van der Waals surface area (Å²) in [6, 6.07) is 7.94. The standard InChI is InChI=1S/C15H23NO2S/c1-12(2)16(9-4-10-17)15(18)14-7-5-13(6-8-14)11-19-3/h5-8,12,17H,4,9-11H2,1-3H3. The van der Waals surface area contributed by atoms with Crippen molar-refractivity contribution >= 4 is 17.7 Å². The van der Waals surface area contributed by atoms with Crippen molar-refractivity contribution in [2.24, 2.45) is 0 Å². The van der Waals surface area contributed by atoms with E-state index in [9.17, 15) is 4.79 Å². The molecule has 0 fully saturated rings. The van der Waals surface area contributed by atoms with E-state index >= 15 is 0 Å². The molecule has 0 saturated carbocycles. The van der Waals surface area contributed by atoms with Crippen LogP contribution in [-0.2, 0) is 5.75 Å². The van der Waals surface area contributed by atoms with E-state index in [0.29, 0.717) is 13.0 Å². The van der Waals surface area contributed by atoms with Gasteiger partial charge in [0.25, 0.3) is 5.91 Å². The van der Waals surface area contributed by atoms with Gasteiger partial charge in [0, 0.05) is 30.5 Å². The van der Waals surface area contributed by atoms with Gasteiger partial charge in [-0.3, -0.25) is 4.79 Å². The van der Waals surface area contributed by atoms with E-state index in [0.717, 1.165) is 11.3 Å². The van der Waals surface area contributed by atoms with Crippen LogP contribution in [0.4, 0.5) is 0 Å². The fourth-order valence-corrected chi connectivity index (χ4v) is 2.44. The molecule has 0 saturated heterocycles. The van der Waals surface area contributed by atoms with Gasteiger partial charge in [-0.15, -0.1) is 0 Å². The fourth-order valence-electron chi connectivity index (χ4n) is 1.91. The van der Waals surface area contributed by atoms with Gasteiger partial charge in [0.2, 0.25) is 0 Å². The smallest absolute Gasteiger partial charge is 0.254 e. The van der Waals surface area contributed by atoms with Crippen molar-refractivity contribution in [2.45, 2.75) is 32.1 Å². The Labute approximate surface area is 120 Å². The highest BCUT2D eigenvalue weighted by Crippen LogP contribution is 2.13. The summed E-state index contributed by atoms with van der Waals surface area (Å²) in [5, 5.41) is 8.90. The maximum atomic E-state index is 12.4. The second-order valence-corrected chi connectivity index (χ2v) is 5.67. The van der Waals surface area contributed by atoms with Crippen LogP contribution in [0.1, 0.15) is 36.2 Å². The number of thioether (sulfide) groups is 1. The van der Waals surface area contributed by atoms with Crippen LogP contribution in [0.2, 0.25) is 0 Å². The van der Waals surface area contributed by atoms with Gasteiger partial charge in [0.1, 0.15) is 0 Å². The molecule has 1 N–H and O–H groups in total. The Morgan fingerprint density at radius 2 is 1.95 bits per heavy atom. The van der Waals surface area contributed by atoms with Crippen LogP contribution in [-0.4, -0.2) is 41.4 Å². The molecule has 4 heteroatoms. The molecule has 0 aromatic heterocycles. The van der Waals surface area contributed by atoms with Crippen LogP contribution >= 0.6 is 11.8 Å². The largest absolute Gasteiger partial charge is 0.396 e. The van der Waals surface area contributed by atoms with E-state index < -0.39 is 0 Å². The fraction of sp³-hybridized carbons (Fsp3) is 0.533. The second-order valence-electron chi connectivity index (χ2n) is 4.80. The van der Waals surface area contributed by atoms with Crippen molar-refractivity contribution in [1.82, 2.24) is 4.90 Å². The van der Waals surface area contributed by atoms with Gasteiger partial charge in [-0.05, 0) is 44.2 Å². The lowest BCUT2D eigenvalue weighted by Crippen LogP contribution is -2.38. The monoisotopic (exact) mass is 281 g/mol. The zero-order valence-electron chi connectivity index (χ0n) is 11.9. The Kier molecular flexibility index (Phi) is 6.95. The molecular weight excluding hydrogens is 258 g/mol. The van der Waals surface area contributed by atoms with Crippen molar-refractivity contribution in [3.8, 4) is 0 Å². The van der Waals surface area contributed by atoms with Crippen LogP contribution in [0, 0.1) is 0 Å². The van der Waals surface area contributed by atoms with E-state index in [4.69, 9.17) is 5.11 Å². The average Bonchev–Trinajstić information content (AvgIpc) is 2.40. The lowest BCUT2D eigenvalue weighted by molar-refractivity contribution is 0.0693. The number of amides is 1. The second kappa shape index (κ2) is 8.23. The lowest BCUT2D eigenvalue weighted by atomic mass is 10.1. The molecule has 0 radical (unpaired) electrons. The van der Waals surface area contributed by atoms with Gasteiger partial charge in [-0.1, -0.05) is 12.1 Å². The Morgan fingerprint density at radius 3 is 2.42 bits per heavy atom. The molecule has 0 bridgehead atoms. The van der Waals surface area contributed by atoms with Gasteiger partial charge >= 0.3 is 0 Å². The molecular formula is C15H23NO2S. The molecule has 0 atom stereocenters. The van der Waals surface area contributed by atoms with E-state index in [-0.39, 0.29) is 18.6 Å². The number of hydrogen-bond acceptors (Lipinski definition) is 3. The molecule has 1 rings (SSSR count). The molecule has 0 spiro atoms. The summed E-state index contributed by atoms with van der Waals surface area (Å²) in [5.74, 6) is 1.01. The summed E-state index contributed by atoms with van der Waals surface area (Å²) in [5.41, 5.74) is 1.95. The number of carbonyl (C=O) groups is 1. The first-order chi connectivity index (χ1) is 9.10. The summed E-state index contributed by atoms with van der Waals surface area (Å²) in [4.78, 5) is 14.2. The maximum Gasteiger partial charge on any atom is 0.254 e. The third-order valence-electron chi connectivity index (χ3n) is 2.95. The molecule has 19 heavy (non-hydrogen) atoms. The van der Waals surface area contributed by atoms with Crippen LogP contribution in [0.5, 0.6) is 0 Å². The highest BCUT2D eigenvalue weighted by Gasteiger charge is 2.17. The van der Waals surface area contributed by atoms with Crippen molar-refractivity contribution in [3.63, 3.8) is 0 Å². The molecule has 0 aliphatic carbocycles. The number of aliphatic hydroxyl groups excluding tert-OH is 1. The number of aliphatic hydroxyl groups is 1. The molecule has 1 aromatic carbocycles. The molecule has 1 amide bonds. The normalized spacial score (nSPS) is 10.8. The topological polar surface area (TPSA) is 40.5 Å². The minimum Gasteiger partial charge on any atom is -0.396 e. The zero-order chi connectivity index (χ0) is 14.3. The summed E-state index contributed by atoms with van der Waals surface area (Å²) in [6.07, 6.45) is 2.68. The Morgan fingerprint density at radius 1 is 1.32 bits per heavy atom. The predicted octanol–water partition coefficient (Wildman–Crippen LogP) is 2.78. The number of rotatable bonds is 7. The summed E-state index contributed by atoms with van der Waals surface area (Å²) >= 11 is 1.77. The summed E-state index contributed by atoms with van der Waals surface area (Å²) < 4.78 is 0. The van der Waals surface area contributed by atoms with Crippen molar-refractivity contribution in [3.05, 3.63) is 35.4 Å². The van der Waals surface area contributed by atoms with Crippen molar-refractivity contribution < 1.29 is 9.90 Å². The van der Waals surface area contributed by atoms with Crippen LogP contribution in [0.25, 0.3) is 0 Å². The third kappa shape index (κ3) is 4.88. The molecule has 0 aliphatic rings. The first kappa shape index (κ1) is 16.1. The van der Waals surface area contributed by atoms with Gasteiger partial charge < -0.3 is 10.0 Å². The SMILES string of the molecule is CSCc1ccc(C(=O)N(CCCO)C(C)C)cc1. The van der Waals surface area contributed by atoms with Crippen molar-refractivity contribution in [2.75, 3.05) is 19.4 Å². The van der Waals surface area contributed by atoms with Crippen LogP contribution < -0.4 is 0 Å². The van der Waals surface area contributed by atoms with Gasteiger partial charge in [0.15, 0.2) is 0 Å². The summed E-state index contributed by atoms with van der Waals surface area (Å²) in [6.45, 7) is 4.71. The highest BCUT2D eigenvalue weighted by atomic mass is 32.2. The van der Waals surface area contributed by atoms with E-state index in [2.05, 4.69) is 6.26 Å². The minimum absolute atomic E-state index is 0.0409. The number of hydrogen-bond donors (Lipinski definition) is 1. The quantitative estimate of drug-likeness (QED) is 0.835. The first-order valence-electron chi connectivity index (χ1n) is 6.59. The van der Waals surface area contributed by atoms with Gasteiger partial charge in [-0.25, -0.2) is 0 Å². The molecule has 0 aliphatic heterocycles. The number of nitrogens with zero attached hydrogens (tertiary/aromatic N) is 1. The Hall–Kier alpha value is -1.00. The van der Waals surface area contributed by atoms with E-state index in [1.54, 1.807) is 16.7 Å². The summed E-state index contributed by atoms with van der Waals surface area (Å²) in [7, 11) is 0. The maximum absolute atomic E-state index is 12.4. The minimum atomic E-state index is 0.0409. The third-order valence-corrected chi connectivity index (χ3v) is 3.58. The predicted molar refractivity (Wildman–Crippen MR) is 81.5 cm³/mol. The van der Waals surface area contributed by atoms with E-state index in [1.807, 2.05) is 38.1 Å². The lowest BCUT2D eigenvalue weighted by Gasteiger charge is -2.26. The molecule has 0 heterocycles. The van der Waals surface area contributed by atoms with Crippen LogP contribution in [0.3, 0.4) is 0 Å². The average molecular weight is 281 g/mol. The van der Waals surface area contributed by atoms with Gasteiger partial charge in [0.05, 0.1) is 0 Å². The Balaban J connectivity index is 2.78. The van der Waals surface area contributed by atoms with Gasteiger partial charge in [-0.2, -0.15) is 11.8 Å². The Bertz CT molecular complexity index is 390. The number of carbonyl (C=O) groups excluding carboxylic acids is 1. The van der Waals surface area contributed by atoms with E-state index in [1.165, 1.54) is 5.56 Å². The molecule has 106 valence electrons. The molecule has 1 aromatic rings.